The molecule has 0 aliphatic carbocycles. The SMILES string of the molecule is CN(Cc1cn[nH]c1)c1ncnc2[nH]ccc12. The number of nitrogens with one attached hydrogen (secondary N) is 2. The first-order valence-corrected chi connectivity index (χ1v) is 5.31. The Kier molecular flexibility index (Phi) is 2.25. The topological polar surface area (TPSA) is 73.5 Å². The van der Waals surface area contributed by atoms with Gasteiger partial charge in [-0.05, 0) is 6.07 Å². The lowest BCUT2D eigenvalue weighted by Gasteiger charge is -2.17. The third-order valence-electron chi connectivity index (χ3n) is 2.67. The predicted octanol–water partition coefficient (Wildman–Crippen LogP) is 1.32. The second kappa shape index (κ2) is 3.89. The van der Waals surface area contributed by atoms with E-state index in [9.17, 15) is 0 Å². The third-order valence-corrected chi connectivity index (χ3v) is 2.67. The number of anilines is 1. The van der Waals surface area contributed by atoms with E-state index in [-0.39, 0.29) is 0 Å². The van der Waals surface area contributed by atoms with Crippen LogP contribution in [-0.2, 0) is 6.54 Å². The smallest absolute Gasteiger partial charge is 0.142 e. The maximum Gasteiger partial charge on any atom is 0.142 e. The molecule has 3 heterocycles. The summed E-state index contributed by atoms with van der Waals surface area (Å²) in [5.41, 5.74) is 1.98. The Bertz CT molecular complexity index is 612. The highest BCUT2D eigenvalue weighted by Gasteiger charge is 2.09. The third kappa shape index (κ3) is 1.73. The molecule has 0 bridgehead atoms. The zero-order valence-electron chi connectivity index (χ0n) is 9.38. The van der Waals surface area contributed by atoms with Crippen molar-refractivity contribution in [2.45, 2.75) is 6.54 Å². The Morgan fingerprint density at radius 1 is 1.35 bits per heavy atom. The number of nitrogens with zero attached hydrogens (tertiary/aromatic N) is 4. The number of hydrogen-bond acceptors (Lipinski definition) is 4. The molecule has 0 saturated heterocycles. The molecular weight excluding hydrogens is 216 g/mol. The van der Waals surface area contributed by atoms with Crippen LogP contribution < -0.4 is 4.90 Å². The van der Waals surface area contributed by atoms with E-state index in [1.807, 2.05) is 31.7 Å². The average molecular weight is 228 g/mol. The summed E-state index contributed by atoms with van der Waals surface area (Å²) in [6.45, 7) is 0.758. The molecule has 3 aromatic rings. The van der Waals surface area contributed by atoms with Gasteiger partial charge < -0.3 is 9.88 Å². The van der Waals surface area contributed by atoms with E-state index in [2.05, 4.69) is 30.0 Å². The zero-order chi connectivity index (χ0) is 11.7. The van der Waals surface area contributed by atoms with E-state index >= 15 is 0 Å². The fourth-order valence-electron chi connectivity index (χ4n) is 1.88. The Morgan fingerprint density at radius 2 is 2.29 bits per heavy atom. The van der Waals surface area contributed by atoms with Gasteiger partial charge in [-0.15, -0.1) is 0 Å². The van der Waals surface area contributed by atoms with Crippen LogP contribution in [0.25, 0.3) is 11.0 Å². The summed E-state index contributed by atoms with van der Waals surface area (Å²) >= 11 is 0. The lowest BCUT2D eigenvalue weighted by atomic mass is 10.3. The molecule has 6 heteroatoms. The van der Waals surface area contributed by atoms with E-state index in [0.29, 0.717) is 0 Å². The molecule has 0 radical (unpaired) electrons. The van der Waals surface area contributed by atoms with Gasteiger partial charge >= 0.3 is 0 Å². The maximum absolute atomic E-state index is 4.32. The molecule has 0 spiro atoms. The largest absolute Gasteiger partial charge is 0.355 e. The molecule has 86 valence electrons. The lowest BCUT2D eigenvalue weighted by Crippen LogP contribution is -2.17. The van der Waals surface area contributed by atoms with Crippen LogP contribution >= 0.6 is 0 Å². The first-order chi connectivity index (χ1) is 8.34. The van der Waals surface area contributed by atoms with Crippen LogP contribution in [0.3, 0.4) is 0 Å². The van der Waals surface area contributed by atoms with Crippen LogP contribution in [0.15, 0.2) is 31.0 Å². The number of rotatable bonds is 3. The molecule has 0 amide bonds. The number of hydrogen-bond donors (Lipinski definition) is 2. The van der Waals surface area contributed by atoms with Gasteiger partial charge in [0.1, 0.15) is 17.8 Å². The first-order valence-electron chi connectivity index (χ1n) is 5.31. The van der Waals surface area contributed by atoms with Gasteiger partial charge in [-0.3, -0.25) is 5.10 Å². The normalized spacial score (nSPS) is 10.9. The van der Waals surface area contributed by atoms with Crippen molar-refractivity contribution in [1.29, 1.82) is 0 Å². The fraction of sp³-hybridized carbons (Fsp3) is 0.182. The van der Waals surface area contributed by atoms with Crippen molar-refractivity contribution < 1.29 is 0 Å². The monoisotopic (exact) mass is 228 g/mol. The van der Waals surface area contributed by atoms with Crippen molar-refractivity contribution in [2.24, 2.45) is 0 Å². The van der Waals surface area contributed by atoms with Crippen molar-refractivity contribution in [3.05, 3.63) is 36.5 Å². The summed E-state index contributed by atoms with van der Waals surface area (Å²) in [5, 5.41) is 7.76. The molecule has 17 heavy (non-hydrogen) atoms. The standard InChI is InChI=1S/C11H12N6/c1-17(6-8-4-15-16-5-8)11-9-2-3-12-10(9)13-7-14-11/h2-5,7H,6H2,1H3,(H,15,16)(H,12,13,14). The molecule has 0 unspecified atom stereocenters. The molecule has 0 aliphatic heterocycles. The molecule has 3 rings (SSSR count). The number of aromatic amines is 2. The van der Waals surface area contributed by atoms with Gasteiger partial charge in [-0.1, -0.05) is 0 Å². The zero-order valence-corrected chi connectivity index (χ0v) is 9.38. The van der Waals surface area contributed by atoms with Gasteiger partial charge in [0.25, 0.3) is 0 Å². The Hall–Kier alpha value is -2.37. The Morgan fingerprint density at radius 3 is 3.12 bits per heavy atom. The van der Waals surface area contributed by atoms with E-state index in [1.165, 1.54) is 0 Å². The highest BCUT2D eigenvalue weighted by atomic mass is 15.2. The summed E-state index contributed by atoms with van der Waals surface area (Å²) in [4.78, 5) is 13.6. The van der Waals surface area contributed by atoms with Gasteiger partial charge in [0.05, 0.1) is 11.6 Å². The molecule has 0 aliphatic rings. The van der Waals surface area contributed by atoms with Crippen molar-refractivity contribution in [3.8, 4) is 0 Å². The lowest BCUT2D eigenvalue weighted by molar-refractivity contribution is 0.901. The van der Waals surface area contributed by atoms with Crippen LogP contribution in [0.1, 0.15) is 5.56 Å². The van der Waals surface area contributed by atoms with Gasteiger partial charge in [-0.25, -0.2) is 9.97 Å². The average Bonchev–Trinajstić information content (AvgIpc) is 2.97. The van der Waals surface area contributed by atoms with Crippen LogP contribution in [0.4, 0.5) is 5.82 Å². The predicted molar refractivity (Wildman–Crippen MR) is 64.6 cm³/mol. The minimum Gasteiger partial charge on any atom is -0.355 e. The minimum absolute atomic E-state index is 0.758. The summed E-state index contributed by atoms with van der Waals surface area (Å²) in [5.74, 6) is 0.914. The molecular formula is C11H12N6. The molecule has 0 fully saturated rings. The quantitative estimate of drug-likeness (QED) is 0.709. The summed E-state index contributed by atoms with van der Waals surface area (Å²) in [6.07, 6.45) is 7.13. The summed E-state index contributed by atoms with van der Waals surface area (Å²) in [7, 11) is 2.00. The van der Waals surface area contributed by atoms with Crippen molar-refractivity contribution in [1.82, 2.24) is 25.1 Å². The minimum atomic E-state index is 0.758. The molecule has 6 nitrogen and oxygen atoms in total. The second-order valence-electron chi connectivity index (χ2n) is 3.90. The molecule has 2 N–H and O–H groups in total. The van der Waals surface area contributed by atoms with E-state index < -0.39 is 0 Å². The number of fused-ring (bicyclic) bond motifs is 1. The van der Waals surface area contributed by atoms with Gasteiger partial charge in [0, 0.05) is 31.5 Å². The Balaban J connectivity index is 1.95. The molecule has 3 aromatic heterocycles. The van der Waals surface area contributed by atoms with Gasteiger partial charge in [0.15, 0.2) is 0 Å². The highest BCUT2D eigenvalue weighted by molar-refractivity contribution is 5.87. The number of aromatic nitrogens is 5. The van der Waals surface area contributed by atoms with Crippen molar-refractivity contribution in [3.63, 3.8) is 0 Å². The molecule has 0 atom stereocenters. The van der Waals surface area contributed by atoms with Gasteiger partial charge in [0.2, 0.25) is 0 Å². The van der Waals surface area contributed by atoms with E-state index in [0.717, 1.165) is 29.0 Å². The first kappa shape index (κ1) is 9.83. The highest BCUT2D eigenvalue weighted by Crippen LogP contribution is 2.21. The molecule has 0 aromatic carbocycles. The van der Waals surface area contributed by atoms with Crippen LogP contribution in [0, 0.1) is 0 Å². The second-order valence-corrected chi connectivity index (χ2v) is 3.90. The van der Waals surface area contributed by atoms with Crippen molar-refractivity contribution in [2.75, 3.05) is 11.9 Å². The summed E-state index contributed by atoms with van der Waals surface area (Å²) in [6, 6.07) is 1.98. The maximum atomic E-state index is 4.32. The van der Waals surface area contributed by atoms with Crippen molar-refractivity contribution >= 4 is 16.9 Å². The van der Waals surface area contributed by atoms with E-state index in [1.54, 1.807) is 6.33 Å². The van der Waals surface area contributed by atoms with Crippen LogP contribution in [0.5, 0.6) is 0 Å². The number of H-pyrrole nitrogens is 2. The van der Waals surface area contributed by atoms with Crippen LogP contribution in [0.2, 0.25) is 0 Å². The molecule has 0 saturated carbocycles. The van der Waals surface area contributed by atoms with Gasteiger partial charge in [-0.2, -0.15) is 5.10 Å². The Labute approximate surface area is 97.7 Å². The van der Waals surface area contributed by atoms with E-state index in [4.69, 9.17) is 0 Å². The summed E-state index contributed by atoms with van der Waals surface area (Å²) < 4.78 is 0. The fourth-order valence-corrected chi connectivity index (χ4v) is 1.88. The van der Waals surface area contributed by atoms with Crippen LogP contribution in [-0.4, -0.2) is 32.2 Å².